The van der Waals surface area contributed by atoms with Crippen molar-refractivity contribution in [3.63, 3.8) is 0 Å². The van der Waals surface area contributed by atoms with E-state index in [1.165, 1.54) is 0 Å². The summed E-state index contributed by atoms with van der Waals surface area (Å²) in [6, 6.07) is 14.2. The molecule has 2 aromatic carbocycles. The predicted octanol–water partition coefficient (Wildman–Crippen LogP) is 4.56. The third-order valence-electron chi connectivity index (χ3n) is 5.20. The summed E-state index contributed by atoms with van der Waals surface area (Å²) >= 11 is 0. The fourth-order valence-electron chi connectivity index (χ4n) is 3.12. The van der Waals surface area contributed by atoms with Gasteiger partial charge >= 0.3 is 0 Å². The number of ether oxygens (including phenoxy) is 1. The van der Waals surface area contributed by atoms with Crippen molar-refractivity contribution in [1.82, 2.24) is 10.9 Å². The lowest BCUT2D eigenvalue weighted by Crippen LogP contribution is -2.48. The highest BCUT2D eigenvalue weighted by molar-refractivity contribution is 5.97. The minimum Gasteiger partial charge on any atom is -0.480 e. The van der Waals surface area contributed by atoms with Crippen LogP contribution in [0.1, 0.15) is 75.2 Å². The molecule has 0 aliphatic carbocycles. The molecule has 0 aromatic heterocycles. The van der Waals surface area contributed by atoms with Gasteiger partial charge in [0.05, 0.1) is 0 Å². The van der Waals surface area contributed by atoms with Crippen LogP contribution in [0.4, 0.5) is 5.69 Å². The molecule has 3 N–H and O–H groups in total. The molecule has 0 fully saturated rings. The summed E-state index contributed by atoms with van der Waals surface area (Å²) in [4.78, 5) is 36.6. The van der Waals surface area contributed by atoms with E-state index in [0.29, 0.717) is 35.8 Å². The Balaban J connectivity index is 1.94. The molecule has 2 rings (SSSR count). The average molecular weight is 440 g/mol. The van der Waals surface area contributed by atoms with Gasteiger partial charge in [0.25, 0.3) is 11.8 Å². The number of carbonyl (C=O) groups is 3. The highest BCUT2D eigenvalue weighted by Crippen LogP contribution is 2.29. The molecule has 172 valence electrons. The van der Waals surface area contributed by atoms with E-state index >= 15 is 0 Å². The Kier molecular flexibility index (Phi) is 9.73. The van der Waals surface area contributed by atoms with Crippen molar-refractivity contribution in [2.45, 2.75) is 65.4 Å². The van der Waals surface area contributed by atoms with Crippen molar-refractivity contribution in [2.75, 3.05) is 5.32 Å². The second kappa shape index (κ2) is 12.5. The molecule has 0 saturated heterocycles. The van der Waals surface area contributed by atoms with Crippen LogP contribution in [0.15, 0.2) is 48.5 Å². The summed E-state index contributed by atoms with van der Waals surface area (Å²) in [5.74, 6) is 0.0254. The second-order valence-electron chi connectivity index (χ2n) is 7.68. The number of hydrogen-bond acceptors (Lipinski definition) is 4. The number of hydrazine groups is 1. The summed E-state index contributed by atoms with van der Waals surface area (Å²) in [5, 5.41) is 2.76. The molecule has 0 radical (unpaired) electrons. The highest BCUT2D eigenvalue weighted by Gasteiger charge is 2.21. The van der Waals surface area contributed by atoms with Gasteiger partial charge in [0.1, 0.15) is 5.75 Å². The zero-order valence-corrected chi connectivity index (χ0v) is 19.2. The van der Waals surface area contributed by atoms with Gasteiger partial charge in [-0.15, -0.1) is 0 Å². The summed E-state index contributed by atoms with van der Waals surface area (Å²) in [5.41, 5.74) is 6.89. The van der Waals surface area contributed by atoms with Crippen LogP contribution in [0.25, 0.3) is 0 Å². The molecule has 3 amide bonds. The van der Waals surface area contributed by atoms with Gasteiger partial charge in [-0.2, -0.15) is 0 Å². The molecular formula is C25H33N3O4. The maximum atomic E-state index is 12.6. The van der Waals surface area contributed by atoms with Crippen LogP contribution in [0.2, 0.25) is 0 Å². The number of amides is 3. The largest absolute Gasteiger partial charge is 0.480 e. The van der Waals surface area contributed by atoms with Crippen LogP contribution in [-0.2, 0) is 9.59 Å². The van der Waals surface area contributed by atoms with Crippen LogP contribution in [0.5, 0.6) is 5.75 Å². The molecule has 7 nitrogen and oxygen atoms in total. The zero-order valence-electron chi connectivity index (χ0n) is 19.2. The molecule has 7 heteroatoms. The Bertz CT molecular complexity index is 912. The van der Waals surface area contributed by atoms with Gasteiger partial charge in [0.15, 0.2) is 6.10 Å². The number of anilines is 1. The SMILES string of the molecule is CCCC(=O)Nc1ccc(C(=O)NNC(=O)C(CC)Oc2ccccc2C(C)CC)cc1. The van der Waals surface area contributed by atoms with Crippen molar-refractivity contribution in [3.05, 3.63) is 59.7 Å². The summed E-state index contributed by atoms with van der Waals surface area (Å²) < 4.78 is 5.99. The lowest BCUT2D eigenvalue weighted by Gasteiger charge is -2.21. The number of rotatable bonds is 10. The van der Waals surface area contributed by atoms with Crippen LogP contribution >= 0.6 is 0 Å². The molecule has 0 aliphatic rings. The molecule has 0 aliphatic heterocycles. The summed E-state index contributed by atoms with van der Waals surface area (Å²) in [6.45, 7) is 8.00. The Morgan fingerprint density at radius 3 is 2.22 bits per heavy atom. The number of para-hydroxylation sites is 1. The van der Waals surface area contributed by atoms with Crippen molar-refractivity contribution in [2.24, 2.45) is 0 Å². The lowest BCUT2D eigenvalue weighted by molar-refractivity contribution is -0.129. The molecule has 0 heterocycles. The third-order valence-corrected chi connectivity index (χ3v) is 5.20. The quantitative estimate of drug-likeness (QED) is 0.473. The Labute approximate surface area is 189 Å². The van der Waals surface area contributed by atoms with Crippen molar-refractivity contribution >= 4 is 23.4 Å². The van der Waals surface area contributed by atoms with Gasteiger partial charge in [0.2, 0.25) is 5.91 Å². The fraction of sp³-hybridized carbons (Fsp3) is 0.400. The van der Waals surface area contributed by atoms with E-state index in [1.807, 2.05) is 38.1 Å². The normalized spacial score (nSPS) is 12.4. The summed E-state index contributed by atoms with van der Waals surface area (Å²) in [6.07, 6.45) is 1.87. The Morgan fingerprint density at radius 1 is 0.906 bits per heavy atom. The topological polar surface area (TPSA) is 96.5 Å². The molecule has 2 unspecified atom stereocenters. The first kappa shape index (κ1) is 24.9. The summed E-state index contributed by atoms with van der Waals surface area (Å²) in [7, 11) is 0. The molecule has 32 heavy (non-hydrogen) atoms. The van der Waals surface area contributed by atoms with Gasteiger partial charge in [-0.05, 0) is 61.1 Å². The number of benzene rings is 2. The molecule has 0 bridgehead atoms. The zero-order chi connectivity index (χ0) is 23.5. The third kappa shape index (κ3) is 7.11. The van der Waals surface area contributed by atoms with Crippen molar-refractivity contribution in [3.8, 4) is 5.75 Å². The Hall–Kier alpha value is -3.35. The molecular weight excluding hydrogens is 406 g/mol. The average Bonchev–Trinajstić information content (AvgIpc) is 2.81. The van der Waals surface area contributed by atoms with Crippen molar-refractivity contribution < 1.29 is 19.1 Å². The lowest BCUT2D eigenvalue weighted by atomic mass is 9.98. The number of nitrogens with one attached hydrogen (secondary N) is 3. The van der Waals surface area contributed by atoms with Crippen LogP contribution < -0.4 is 20.9 Å². The molecule has 2 aromatic rings. The van der Waals surface area contributed by atoms with Crippen LogP contribution in [-0.4, -0.2) is 23.8 Å². The van der Waals surface area contributed by atoms with E-state index in [0.717, 1.165) is 18.4 Å². The standard InChI is InChI=1S/C25H33N3O4/c1-5-10-23(29)26-19-15-13-18(14-16-19)24(30)27-28-25(31)21(7-3)32-22-12-9-8-11-20(22)17(4)6-2/h8-9,11-17,21H,5-7,10H2,1-4H3,(H,26,29)(H,27,30)(H,28,31). The molecule has 2 atom stereocenters. The van der Waals surface area contributed by atoms with Crippen LogP contribution in [0, 0.1) is 0 Å². The highest BCUT2D eigenvalue weighted by atomic mass is 16.5. The van der Waals surface area contributed by atoms with E-state index in [9.17, 15) is 14.4 Å². The van der Waals surface area contributed by atoms with Gasteiger partial charge in [0, 0.05) is 17.7 Å². The second-order valence-corrected chi connectivity index (χ2v) is 7.68. The monoisotopic (exact) mass is 439 g/mol. The number of hydrogen-bond donors (Lipinski definition) is 3. The van der Waals surface area contributed by atoms with Gasteiger partial charge in [-0.3, -0.25) is 25.2 Å². The first-order chi connectivity index (χ1) is 15.4. The van der Waals surface area contributed by atoms with Gasteiger partial charge in [-0.1, -0.05) is 45.9 Å². The van der Waals surface area contributed by atoms with Gasteiger partial charge < -0.3 is 10.1 Å². The maximum Gasteiger partial charge on any atom is 0.279 e. The molecule has 0 spiro atoms. The van der Waals surface area contributed by atoms with Crippen molar-refractivity contribution in [1.29, 1.82) is 0 Å². The number of carbonyl (C=O) groups excluding carboxylic acids is 3. The smallest absolute Gasteiger partial charge is 0.279 e. The van der Waals surface area contributed by atoms with E-state index in [2.05, 4.69) is 30.0 Å². The van der Waals surface area contributed by atoms with Gasteiger partial charge in [-0.25, -0.2) is 0 Å². The van der Waals surface area contributed by atoms with E-state index in [1.54, 1.807) is 24.3 Å². The first-order valence-corrected chi connectivity index (χ1v) is 11.1. The predicted molar refractivity (Wildman–Crippen MR) is 125 cm³/mol. The van der Waals surface area contributed by atoms with E-state index < -0.39 is 17.9 Å². The fourth-order valence-corrected chi connectivity index (χ4v) is 3.12. The van der Waals surface area contributed by atoms with E-state index in [-0.39, 0.29) is 5.91 Å². The Morgan fingerprint density at radius 2 is 1.59 bits per heavy atom. The molecule has 0 saturated carbocycles. The maximum absolute atomic E-state index is 12.6. The first-order valence-electron chi connectivity index (χ1n) is 11.1. The van der Waals surface area contributed by atoms with E-state index in [4.69, 9.17) is 4.74 Å². The minimum absolute atomic E-state index is 0.0718. The minimum atomic E-state index is -0.739. The van der Waals surface area contributed by atoms with Crippen LogP contribution in [0.3, 0.4) is 0 Å².